The van der Waals surface area contributed by atoms with Crippen LogP contribution in [0.5, 0.6) is 0 Å². The second kappa shape index (κ2) is 12.0. The molecule has 2 nitrogen and oxygen atoms in total. The first-order valence-corrected chi connectivity index (χ1v) is 12.2. The molecule has 0 bridgehead atoms. The maximum atomic E-state index is 4.95. The number of aryl methyl sites for hydroxylation is 2. The molecule has 0 radical (unpaired) electrons. The Morgan fingerprint density at radius 1 is 1.43 bits per heavy atom. The molecule has 0 aliphatic rings. The Morgan fingerprint density at radius 2 is 2.00 bits per heavy atom. The first-order valence-electron chi connectivity index (χ1n) is 4.37. The van der Waals surface area contributed by atoms with Gasteiger partial charge in [0.2, 0.25) is 6.33 Å². The third-order valence-corrected chi connectivity index (χ3v) is 1.59. The van der Waals surface area contributed by atoms with Crippen LogP contribution in [0, 0.1) is 0 Å². The molecule has 0 atom stereocenters. The first kappa shape index (κ1) is 17.3. The summed E-state index contributed by atoms with van der Waals surface area (Å²) in [6.07, 6.45) is 8.82. The molecule has 0 spiro atoms. The number of hydrogen-bond donors (Lipinski definition) is 0. The molecule has 0 unspecified atom stereocenters. The van der Waals surface area contributed by atoms with Crippen molar-refractivity contribution in [1.82, 2.24) is 4.57 Å². The van der Waals surface area contributed by atoms with Gasteiger partial charge >= 0.3 is 34.5 Å². The van der Waals surface area contributed by atoms with Crippen LogP contribution in [0.2, 0.25) is 0 Å². The number of hydrogen-bond acceptors (Lipinski definition) is 0. The predicted octanol–water partition coefficient (Wildman–Crippen LogP) is -0.507. The third-order valence-electron chi connectivity index (χ3n) is 1.59. The average molecular weight is 355 g/mol. The molecule has 0 amide bonds. The van der Waals surface area contributed by atoms with Crippen LogP contribution in [0.4, 0.5) is 0 Å². The summed E-state index contributed by atoms with van der Waals surface area (Å²) in [6, 6.07) is 0. The fourth-order valence-corrected chi connectivity index (χ4v) is 0.975. The summed E-state index contributed by atoms with van der Waals surface area (Å²) in [5, 5.41) is 0. The number of halogens is 3. The van der Waals surface area contributed by atoms with Gasteiger partial charge in [0.25, 0.3) is 0 Å². The van der Waals surface area contributed by atoms with Crippen LogP contribution in [0.25, 0.3) is 0 Å². The van der Waals surface area contributed by atoms with Gasteiger partial charge in [-0.1, -0.05) is 13.3 Å². The molecular weight excluding hydrogens is 340 g/mol. The maximum absolute atomic E-state index is 4.95. The summed E-state index contributed by atoms with van der Waals surface area (Å²) in [4.78, 5) is 0. The van der Waals surface area contributed by atoms with Crippen molar-refractivity contribution in [2.75, 3.05) is 0 Å². The van der Waals surface area contributed by atoms with Gasteiger partial charge in [0.15, 0.2) is 0 Å². The van der Waals surface area contributed by atoms with E-state index in [0.29, 0.717) is 0 Å². The molecule has 0 aliphatic carbocycles. The zero-order chi connectivity index (χ0) is 10.1. The van der Waals surface area contributed by atoms with Crippen LogP contribution >= 0.6 is 19.4 Å². The first-order chi connectivity index (χ1) is 6.24. The molecule has 1 aromatic rings. The van der Waals surface area contributed by atoms with Crippen molar-refractivity contribution in [2.45, 2.75) is 26.3 Å². The van der Waals surface area contributed by atoms with Crippen molar-refractivity contribution < 1.29 is 36.7 Å². The zero-order valence-corrected chi connectivity index (χ0v) is 14.7. The summed E-state index contributed by atoms with van der Waals surface area (Å²) in [7, 11) is 11.9. The fraction of sp³-hybridized carbons (Fsp3) is 0.625. The SMILES string of the molecule is CCCCn1cc[n+](C)c1.[Br-].[Cl][Zn][Cl]. The van der Waals surface area contributed by atoms with Crippen molar-refractivity contribution in [3.05, 3.63) is 18.7 Å². The van der Waals surface area contributed by atoms with E-state index in [4.69, 9.17) is 19.4 Å². The van der Waals surface area contributed by atoms with Crippen molar-refractivity contribution >= 4 is 19.4 Å². The van der Waals surface area contributed by atoms with Crippen molar-refractivity contribution in [2.24, 2.45) is 7.05 Å². The quantitative estimate of drug-likeness (QED) is 0.510. The molecule has 6 heteroatoms. The number of imidazole rings is 1. The van der Waals surface area contributed by atoms with E-state index >= 15 is 0 Å². The van der Waals surface area contributed by atoms with Gasteiger partial charge in [-0.2, -0.15) is 0 Å². The molecule has 1 aromatic heterocycles. The van der Waals surface area contributed by atoms with Crippen LogP contribution in [-0.4, -0.2) is 4.57 Å². The van der Waals surface area contributed by atoms with Crippen molar-refractivity contribution in [3.8, 4) is 0 Å². The Hall–Kier alpha value is 0.893. The van der Waals surface area contributed by atoms with Gasteiger partial charge in [0.1, 0.15) is 12.4 Å². The standard InChI is InChI=1S/C8H15N2.BrH.2ClH.Zn/c1-3-4-5-10-7-6-9(2)8-10;;;;/h6-8H,3-5H2,1-2H3;3*1H;/q+1;;;;+2/p-3. The molecule has 80 valence electrons. The summed E-state index contributed by atoms with van der Waals surface area (Å²) in [6.45, 7) is 3.36. The van der Waals surface area contributed by atoms with E-state index in [-0.39, 0.29) is 17.0 Å². The van der Waals surface area contributed by atoms with E-state index in [0.717, 1.165) is 6.54 Å². The summed E-state index contributed by atoms with van der Waals surface area (Å²) >= 11 is -0.931. The minimum atomic E-state index is -0.931. The second-order valence-electron chi connectivity index (χ2n) is 2.77. The summed E-state index contributed by atoms with van der Waals surface area (Å²) < 4.78 is 4.28. The monoisotopic (exact) mass is 352 g/mol. The van der Waals surface area contributed by atoms with Gasteiger partial charge in [-0.15, -0.1) is 0 Å². The molecular formula is C8H15BrCl2N2Zn. The molecule has 1 rings (SSSR count). The van der Waals surface area contributed by atoms with E-state index in [1.54, 1.807) is 0 Å². The van der Waals surface area contributed by atoms with Gasteiger partial charge < -0.3 is 17.0 Å². The fourth-order valence-electron chi connectivity index (χ4n) is 0.975. The molecule has 14 heavy (non-hydrogen) atoms. The molecule has 0 aliphatic heterocycles. The van der Waals surface area contributed by atoms with Crippen LogP contribution in [0.1, 0.15) is 19.8 Å². The van der Waals surface area contributed by atoms with Crippen LogP contribution < -0.4 is 21.5 Å². The molecule has 0 aromatic carbocycles. The Morgan fingerprint density at radius 3 is 2.36 bits per heavy atom. The van der Waals surface area contributed by atoms with Crippen LogP contribution in [0.3, 0.4) is 0 Å². The summed E-state index contributed by atoms with van der Waals surface area (Å²) in [5.41, 5.74) is 0. The van der Waals surface area contributed by atoms with E-state index < -0.39 is 15.1 Å². The van der Waals surface area contributed by atoms with E-state index in [2.05, 4.69) is 34.8 Å². The van der Waals surface area contributed by atoms with E-state index in [1.807, 2.05) is 7.05 Å². The Bertz CT molecular complexity index is 221. The van der Waals surface area contributed by atoms with Crippen LogP contribution in [-0.2, 0) is 28.7 Å². The topological polar surface area (TPSA) is 8.81 Å². The van der Waals surface area contributed by atoms with Crippen molar-refractivity contribution in [3.63, 3.8) is 0 Å². The zero-order valence-electron chi connectivity index (χ0n) is 8.59. The van der Waals surface area contributed by atoms with Gasteiger partial charge in [0.05, 0.1) is 13.6 Å². The number of aromatic nitrogens is 2. The average Bonchev–Trinajstić information content (AvgIpc) is 2.49. The third kappa shape index (κ3) is 9.45. The molecule has 0 N–H and O–H groups in total. The Kier molecular flexibility index (Phi) is 14.8. The predicted molar refractivity (Wildman–Crippen MR) is 52.2 cm³/mol. The minimum absolute atomic E-state index is 0. The van der Waals surface area contributed by atoms with E-state index in [9.17, 15) is 0 Å². The number of unbranched alkanes of at least 4 members (excludes halogenated alkanes) is 1. The molecule has 0 fully saturated rings. The molecule has 0 saturated carbocycles. The molecule has 0 saturated heterocycles. The van der Waals surface area contributed by atoms with Gasteiger partial charge in [0, 0.05) is 0 Å². The van der Waals surface area contributed by atoms with Crippen LogP contribution in [0.15, 0.2) is 18.7 Å². The molecule has 1 heterocycles. The van der Waals surface area contributed by atoms with Crippen molar-refractivity contribution in [1.29, 1.82) is 0 Å². The normalized spacial score (nSPS) is 8.00. The van der Waals surface area contributed by atoms with Gasteiger partial charge in [-0.25, -0.2) is 9.13 Å². The Labute approximate surface area is 112 Å². The number of nitrogens with zero attached hydrogens (tertiary/aromatic N) is 2. The van der Waals surface area contributed by atoms with Gasteiger partial charge in [-0.3, -0.25) is 0 Å². The number of rotatable bonds is 3. The Balaban J connectivity index is 0. The second-order valence-corrected chi connectivity index (χ2v) is 7.39. The van der Waals surface area contributed by atoms with Gasteiger partial charge in [-0.05, 0) is 6.42 Å². The summed E-state index contributed by atoms with van der Waals surface area (Å²) in [5.74, 6) is 0. The van der Waals surface area contributed by atoms with E-state index in [1.165, 1.54) is 12.8 Å².